The van der Waals surface area contributed by atoms with Crippen molar-refractivity contribution in [3.8, 4) is 5.75 Å². The summed E-state index contributed by atoms with van der Waals surface area (Å²) < 4.78 is 17.0. The highest BCUT2D eigenvalue weighted by atomic mass is 16.8. The average molecular weight is 192 g/mol. The van der Waals surface area contributed by atoms with E-state index in [0.717, 1.165) is 11.3 Å². The normalized spacial score (nSPS) is 32.1. The zero-order valence-electron chi connectivity index (χ0n) is 8.19. The molecule has 0 spiro atoms. The predicted octanol–water partition coefficient (Wildman–Crippen LogP) is 2.23. The summed E-state index contributed by atoms with van der Waals surface area (Å²) in [7, 11) is 0. The first-order valence-corrected chi connectivity index (χ1v) is 4.77. The van der Waals surface area contributed by atoms with Crippen LogP contribution in [0.15, 0.2) is 24.3 Å². The summed E-state index contributed by atoms with van der Waals surface area (Å²) in [5.41, 5.74) is 1.09. The Hall–Kier alpha value is -1.06. The Balaban J connectivity index is 2.00. The molecule has 1 saturated heterocycles. The zero-order valence-corrected chi connectivity index (χ0v) is 8.19. The number of benzene rings is 1. The molecule has 2 heterocycles. The van der Waals surface area contributed by atoms with Crippen molar-refractivity contribution in [1.29, 1.82) is 0 Å². The minimum absolute atomic E-state index is 0.0683. The lowest BCUT2D eigenvalue weighted by atomic mass is 10.1. The molecule has 0 saturated carbocycles. The molecule has 0 aliphatic carbocycles. The molecule has 0 amide bonds. The van der Waals surface area contributed by atoms with Crippen molar-refractivity contribution < 1.29 is 14.2 Å². The maximum atomic E-state index is 5.75. The third kappa shape index (κ3) is 1.06. The average Bonchev–Trinajstić information content (AvgIpc) is 2.56. The first-order chi connectivity index (χ1) is 6.66. The lowest BCUT2D eigenvalue weighted by Crippen LogP contribution is -2.23. The first-order valence-electron chi connectivity index (χ1n) is 4.77. The van der Waals surface area contributed by atoms with Gasteiger partial charge < -0.3 is 14.2 Å². The van der Waals surface area contributed by atoms with Crippen molar-refractivity contribution in [3.63, 3.8) is 0 Å². The van der Waals surface area contributed by atoms with E-state index in [2.05, 4.69) is 0 Å². The van der Waals surface area contributed by atoms with Gasteiger partial charge in [0.25, 0.3) is 0 Å². The van der Waals surface area contributed by atoms with E-state index in [1.807, 2.05) is 38.1 Å². The molecule has 2 aliphatic rings. The maximum absolute atomic E-state index is 5.75. The van der Waals surface area contributed by atoms with Gasteiger partial charge in [0, 0.05) is 5.56 Å². The maximum Gasteiger partial charge on any atom is 0.233 e. The van der Waals surface area contributed by atoms with Gasteiger partial charge in [0.2, 0.25) is 6.29 Å². The molecule has 2 aliphatic heterocycles. The van der Waals surface area contributed by atoms with E-state index in [0.29, 0.717) is 0 Å². The van der Waals surface area contributed by atoms with Crippen molar-refractivity contribution in [2.45, 2.75) is 32.0 Å². The van der Waals surface area contributed by atoms with Crippen LogP contribution in [-0.2, 0) is 9.47 Å². The summed E-state index contributed by atoms with van der Waals surface area (Å²) in [5, 5.41) is 0. The van der Waals surface area contributed by atoms with Crippen LogP contribution in [0.2, 0.25) is 0 Å². The van der Waals surface area contributed by atoms with Crippen LogP contribution in [0.4, 0.5) is 0 Å². The fourth-order valence-corrected chi connectivity index (χ4v) is 1.97. The molecule has 0 bridgehead atoms. The van der Waals surface area contributed by atoms with Gasteiger partial charge in [0.15, 0.2) is 11.9 Å². The highest BCUT2D eigenvalue weighted by Gasteiger charge is 2.48. The van der Waals surface area contributed by atoms with Gasteiger partial charge in [-0.3, -0.25) is 0 Å². The zero-order chi connectivity index (χ0) is 9.76. The summed E-state index contributed by atoms with van der Waals surface area (Å²) in [6.07, 6.45) is -0.344. The Morgan fingerprint density at radius 3 is 2.79 bits per heavy atom. The minimum atomic E-state index is -0.539. The lowest BCUT2D eigenvalue weighted by Gasteiger charge is -2.18. The lowest BCUT2D eigenvalue weighted by molar-refractivity contribution is -0.171. The fraction of sp³-hybridized carbons (Fsp3) is 0.455. The molecule has 3 nitrogen and oxygen atoms in total. The smallest absolute Gasteiger partial charge is 0.233 e. The molecule has 74 valence electrons. The van der Waals surface area contributed by atoms with Crippen molar-refractivity contribution in [2.24, 2.45) is 0 Å². The van der Waals surface area contributed by atoms with Crippen molar-refractivity contribution >= 4 is 0 Å². The van der Waals surface area contributed by atoms with Gasteiger partial charge in [-0.2, -0.15) is 0 Å². The second-order valence-corrected chi connectivity index (χ2v) is 4.08. The van der Waals surface area contributed by atoms with Crippen LogP contribution in [-0.4, -0.2) is 12.1 Å². The number of ether oxygens (including phenoxy) is 3. The van der Waals surface area contributed by atoms with E-state index in [1.54, 1.807) is 0 Å². The topological polar surface area (TPSA) is 27.7 Å². The number of hydrogen-bond acceptors (Lipinski definition) is 3. The van der Waals surface area contributed by atoms with Crippen LogP contribution in [0.25, 0.3) is 0 Å². The quantitative estimate of drug-likeness (QED) is 0.630. The highest BCUT2D eigenvalue weighted by molar-refractivity contribution is 5.39. The standard InChI is InChI=1S/C11H12O3/c1-11(2)13-9-7-5-3-4-6-8(7)12-10(9)14-11/h3-6,9-10H,1-2H3/t9-,10-/m0/s1. The van der Waals surface area contributed by atoms with E-state index < -0.39 is 5.79 Å². The molecule has 3 heteroatoms. The Bertz CT molecular complexity index is 373. The van der Waals surface area contributed by atoms with E-state index >= 15 is 0 Å². The minimum Gasteiger partial charge on any atom is -0.461 e. The van der Waals surface area contributed by atoms with Gasteiger partial charge in [0.1, 0.15) is 5.75 Å². The molecular formula is C11H12O3. The van der Waals surface area contributed by atoms with Crippen molar-refractivity contribution in [2.75, 3.05) is 0 Å². The highest BCUT2D eigenvalue weighted by Crippen LogP contribution is 2.47. The number of rotatable bonds is 0. The Kier molecular flexibility index (Phi) is 1.47. The Morgan fingerprint density at radius 2 is 1.93 bits per heavy atom. The molecule has 0 aromatic heterocycles. The van der Waals surface area contributed by atoms with Crippen LogP contribution >= 0.6 is 0 Å². The number of fused-ring (bicyclic) bond motifs is 3. The van der Waals surface area contributed by atoms with Gasteiger partial charge in [0.05, 0.1) is 0 Å². The molecular weight excluding hydrogens is 180 g/mol. The van der Waals surface area contributed by atoms with Crippen LogP contribution in [0.1, 0.15) is 25.5 Å². The molecule has 1 fully saturated rings. The molecule has 1 aromatic carbocycles. The summed E-state index contributed by atoms with van der Waals surface area (Å²) in [4.78, 5) is 0. The van der Waals surface area contributed by atoms with Crippen molar-refractivity contribution in [1.82, 2.24) is 0 Å². The fourth-order valence-electron chi connectivity index (χ4n) is 1.97. The van der Waals surface area contributed by atoms with Crippen molar-refractivity contribution in [3.05, 3.63) is 29.8 Å². The van der Waals surface area contributed by atoms with Crippen LogP contribution < -0.4 is 4.74 Å². The second-order valence-electron chi connectivity index (χ2n) is 4.08. The first kappa shape index (κ1) is 8.26. The largest absolute Gasteiger partial charge is 0.461 e. The second kappa shape index (κ2) is 2.49. The summed E-state index contributed by atoms with van der Waals surface area (Å²) in [5.74, 6) is 0.334. The molecule has 0 N–H and O–H groups in total. The van der Waals surface area contributed by atoms with Gasteiger partial charge in [-0.15, -0.1) is 0 Å². The van der Waals surface area contributed by atoms with Gasteiger partial charge in [-0.25, -0.2) is 0 Å². The third-order valence-electron chi connectivity index (χ3n) is 2.53. The summed E-state index contributed by atoms with van der Waals surface area (Å²) >= 11 is 0. The molecule has 0 radical (unpaired) electrons. The van der Waals surface area contributed by atoms with Gasteiger partial charge >= 0.3 is 0 Å². The van der Waals surface area contributed by atoms with E-state index in [4.69, 9.17) is 14.2 Å². The van der Waals surface area contributed by atoms with E-state index in [-0.39, 0.29) is 12.4 Å². The number of para-hydroxylation sites is 1. The van der Waals surface area contributed by atoms with Crippen LogP contribution in [0.3, 0.4) is 0 Å². The monoisotopic (exact) mass is 192 g/mol. The molecule has 1 aromatic rings. The molecule has 3 rings (SSSR count). The summed E-state index contributed by atoms with van der Waals surface area (Å²) in [6, 6.07) is 7.89. The predicted molar refractivity (Wildman–Crippen MR) is 49.8 cm³/mol. The number of hydrogen-bond donors (Lipinski definition) is 0. The van der Waals surface area contributed by atoms with Gasteiger partial charge in [-0.1, -0.05) is 18.2 Å². The SMILES string of the molecule is CC1(C)O[C@@H]2Oc3ccccc3[C@@H]2O1. The van der Waals surface area contributed by atoms with Crippen LogP contribution in [0.5, 0.6) is 5.75 Å². The molecule has 0 unspecified atom stereocenters. The van der Waals surface area contributed by atoms with Gasteiger partial charge in [-0.05, 0) is 19.9 Å². The third-order valence-corrected chi connectivity index (χ3v) is 2.53. The van der Waals surface area contributed by atoms with Crippen LogP contribution in [0, 0.1) is 0 Å². The Labute approximate surface area is 82.6 Å². The Morgan fingerprint density at radius 1 is 1.14 bits per heavy atom. The van der Waals surface area contributed by atoms with E-state index in [9.17, 15) is 0 Å². The summed E-state index contributed by atoms with van der Waals surface area (Å²) in [6.45, 7) is 3.80. The molecule has 2 atom stereocenters. The molecule has 14 heavy (non-hydrogen) atoms. The van der Waals surface area contributed by atoms with E-state index in [1.165, 1.54) is 0 Å².